The maximum absolute atomic E-state index is 9.45. The molecule has 0 amide bonds. The van der Waals surface area contributed by atoms with Crippen LogP contribution in [0.15, 0.2) is 47.2 Å². The lowest BCUT2D eigenvalue weighted by molar-refractivity contribution is 1.27. The van der Waals surface area contributed by atoms with E-state index in [0.717, 1.165) is 33.6 Å². The van der Waals surface area contributed by atoms with Crippen LogP contribution in [0.2, 0.25) is 0 Å². The van der Waals surface area contributed by atoms with Crippen LogP contribution in [0, 0.1) is 18.3 Å². The second-order valence-corrected chi connectivity index (χ2v) is 5.98. The van der Waals surface area contributed by atoms with Gasteiger partial charge < -0.3 is 10.3 Å². The number of hydrogen-bond donors (Lipinski definition) is 2. The molecule has 0 bridgehead atoms. The maximum Gasteiger partial charge on any atom is 0.141 e. The minimum atomic E-state index is 0.548. The zero-order valence-corrected chi connectivity index (χ0v) is 17.3. The number of pyridine rings is 2. The number of aromatic amines is 1. The van der Waals surface area contributed by atoms with Crippen molar-refractivity contribution < 1.29 is 0 Å². The molecule has 0 aliphatic heterocycles. The number of aliphatic imine (C=N–C) groups is 1. The largest absolute Gasteiger partial charge is 0.345 e. The minimum absolute atomic E-state index is 0.548. The van der Waals surface area contributed by atoms with Gasteiger partial charge in [0.2, 0.25) is 0 Å². The Morgan fingerprint density at radius 3 is 2.68 bits per heavy atom. The summed E-state index contributed by atoms with van der Waals surface area (Å²) in [5, 5.41) is 13.5. The summed E-state index contributed by atoms with van der Waals surface area (Å²) in [6, 6.07) is 8.07. The average molecular weight is 374 g/mol. The van der Waals surface area contributed by atoms with Crippen molar-refractivity contribution in [3.63, 3.8) is 0 Å². The highest BCUT2D eigenvalue weighted by atomic mass is 15.1. The number of hydrogen-bond acceptors (Lipinski definition) is 4. The van der Waals surface area contributed by atoms with Gasteiger partial charge in [0.05, 0.1) is 11.3 Å². The normalized spacial score (nSPS) is 11.6. The van der Waals surface area contributed by atoms with Crippen LogP contribution in [0.25, 0.3) is 22.3 Å². The van der Waals surface area contributed by atoms with Crippen molar-refractivity contribution in [1.29, 1.82) is 5.26 Å². The third kappa shape index (κ3) is 4.26. The Balaban J connectivity index is 0.00000136. The fourth-order valence-electron chi connectivity index (χ4n) is 2.76. The molecular weight excluding hydrogens is 348 g/mol. The molecule has 3 aromatic rings. The second kappa shape index (κ2) is 9.47. The highest BCUT2D eigenvalue weighted by Gasteiger charge is 2.15. The summed E-state index contributed by atoms with van der Waals surface area (Å²) < 4.78 is 0. The molecule has 2 N–H and O–H groups in total. The monoisotopic (exact) mass is 374 g/mol. The van der Waals surface area contributed by atoms with Gasteiger partial charge >= 0.3 is 0 Å². The number of aromatic nitrogens is 3. The molecular formula is C22H26N6. The Morgan fingerprint density at radius 2 is 2.07 bits per heavy atom. The summed E-state index contributed by atoms with van der Waals surface area (Å²) in [4.78, 5) is 16.5. The van der Waals surface area contributed by atoms with Crippen molar-refractivity contribution in [2.45, 2.75) is 34.6 Å². The molecule has 0 unspecified atom stereocenters. The second-order valence-electron chi connectivity index (χ2n) is 5.98. The van der Waals surface area contributed by atoms with Crippen LogP contribution in [-0.2, 0) is 0 Å². The topological polar surface area (TPSA) is 89.8 Å². The summed E-state index contributed by atoms with van der Waals surface area (Å²) in [5.74, 6) is 1.39. The number of amidine groups is 1. The molecule has 0 radical (unpaired) electrons. The summed E-state index contributed by atoms with van der Waals surface area (Å²) in [7, 11) is 1.74. The Kier molecular flexibility index (Phi) is 7.05. The Bertz CT molecular complexity index is 1070. The smallest absolute Gasteiger partial charge is 0.141 e. The quantitative estimate of drug-likeness (QED) is 0.485. The number of rotatable bonds is 3. The molecule has 3 heterocycles. The van der Waals surface area contributed by atoms with Crippen LogP contribution < -0.4 is 5.32 Å². The van der Waals surface area contributed by atoms with Crippen molar-refractivity contribution in [3.8, 4) is 17.3 Å². The summed E-state index contributed by atoms with van der Waals surface area (Å²) in [6.07, 6.45) is 5.43. The van der Waals surface area contributed by atoms with Gasteiger partial charge in [-0.3, -0.25) is 9.98 Å². The molecule has 6 nitrogen and oxygen atoms in total. The number of H-pyrrole nitrogens is 1. The van der Waals surface area contributed by atoms with E-state index in [4.69, 9.17) is 0 Å². The number of nitriles is 1. The predicted molar refractivity (Wildman–Crippen MR) is 117 cm³/mol. The molecule has 0 aliphatic rings. The Morgan fingerprint density at radius 1 is 1.32 bits per heavy atom. The van der Waals surface area contributed by atoms with E-state index in [1.807, 2.05) is 58.9 Å². The van der Waals surface area contributed by atoms with Crippen LogP contribution in [0.1, 0.15) is 38.8 Å². The molecule has 3 rings (SSSR count). The van der Waals surface area contributed by atoms with E-state index < -0.39 is 0 Å². The van der Waals surface area contributed by atoms with E-state index in [-0.39, 0.29) is 0 Å². The van der Waals surface area contributed by atoms with Gasteiger partial charge in [-0.25, -0.2) is 4.98 Å². The fourth-order valence-corrected chi connectivity index (χ4v) is 2.76. The summed E-state index contributed by atoms with van der Waals surface area (Å²) >= 11 is 0. The van der Waals surface area contributed by atoms with Gasteiger partial charge in [0.25, 0.3) is 0 Å². The molecule has 0 aromatic carbocycles. The van der Waals surface area contributed by atoms with E-state index in [2.05, 4.69) is 31.3 Å². The third-order valence-electron chi connectivity index (χ3n) is 4.23. The first-order valence-electron chi connectivity index (χ1n) is 9.29. The molecule has 0 spiro atoms. The average Bonchev–Trinajstić information content (AvgIpc) is 3.15. The van der Waals surface area contributed by atoms with Gasteiger partial charge in [-0.2, -0.15) is 5.26 Å². The van der Waals surface area contributed by atoms with Gasteiger partial charge in [-0.1, -0.05) is 19.9 Å². The number of nitrogens with one attached hydrogen (secondary N) is 2. The SMILES string of the molecule is C/C=C(/C)C(=NC)Nc1cc(-c2cc(C)ccn2)c2c(C#N)c[nH]c2n1.CC. The van der Waals surface area contributed by atoms with Gasteiger partial charge in [-0.05, 0) is 50.1 Å². The zero-order chi connectivity index (χ0) is 20.7. The van der Waals surface area contributed by atoms with E-state index >= 15 is 0 Å². The van der Waals surface area contributed by atoms with Crippen LogP contribution >= 0.6 is 0 Å². The molecule has 0 saturated heterocycles. The number of allylic oxidation sites excluding steroid dienone is 1. The Hall–Kier alpha value is -3.46. The molecule has 0 saturated carbocycles. The van der Waals surface area contributed by atoms with Crippen LogP contribution in [0.4, 0.5) is 5.82 Å². The maximum atomic E-state index is 9.45. The predicted octanol–water partition coefficient (Wildman–Crippen LogP) is 5.24. The van der Waals surface area contributed by atoms with Gasteiger partial charge in [0.1, 0.15) is 23.4 Å². The van der Waals surface area contributed by atoms with E-state index in [0.29, 0.717) is 17.0 Å². The first-order chi connectivity index (χ1) is 13.6. The number of anilines is 1. The molecule has 6 heteroatoms. The van der Waals surface area contributed by atoms with E-state index in [1.54, 1.807) is 19.4 Å². The zero-order valence-electron chi connectivity index (χ0n) is 17.3. The fraction of sp³-hybridized carbons (Fsp3) is 0.273. The van der Waals surface area contributed by atoms with E-state index in [1.165, 1.54) is 0 Å². The molecule has 3 aromatic heterocycles. The van der Waals surface area contributed by atoms with Crippen LogP contribution in [-0.4, -0.2) is 27.8 Å². The first kappa shape index (κ1) is 20.8. The molecule has 144 valence electrons. The van der Waals surface area contributed by atoms with E-state index in [9.17, 15) is 5.26 Å². The van der Waals surface area contributed by atoms with Gasteiger partial charge in [-0.15, -0.1) is 0 Å². The number of fused-ring (bicyclic) bond motifs is 1. The van der Waals surface area contributed by atoms with Crippen molar-refractivity contribution in [3.05, 3.63) is 53.4 Å². The molecule has 28 heavy (non-hydrogen) atoms. The third-order valence-corrected chi connectivity index (χ3v) is 4.23. The van der Waals surface area contributed by atoms with Crippen LogP contribution in [0.5, 0.6) is 0 Å². The molecule has 0 atom stereocenters. The van der Waals surface area contributed by atoms with Gasteiger partial charge in [0.15, 0.2) is 0 Å². The van der Waals surface area contributed by atoms with Crippen molar-refractivity contribution >= 4 is 22.7 Å². The number of nitrogens with zero attached hydrogens (tertiary/aromatic N) is 4. The van der Waals surface area contributed by atoms with Crippen LogP contribution in [0.3, 0.4) is 0 Å². The van der Waals surface area contributed by atoms with Crippen molar-refractivity contribution in [2.75, 3.05) is 12.4 Å². The van der Waals surface area contributed by atoms with Crippen molar-refractivity contribution in [1.82, 2.24) is 15.0 Å². The van der Waals surface area contributed by atoms with Crippen molar-refractivity contribution in [2.24, 2.45) is 4.99 Å². The highest BCUT2D eigenvalue weighted by molar-refractivity contribution is 6.08. The lowest BCUT2D eigenvalue weighted by atomic mass is 10.0. The first-order valence-corrected chi connectivity index (χ1v) is 9.29. The lowest BCUT2D eigenvalue weighted by Crippen LogP contribution is -2.14. The molecule has 0 fully saturated rings. The molecule has 0 aliphatic carbocycles. The summed E-state index contributed by atoms with van der Waals surface area (Å²) in [5.41, 5.74) is 4.96. The standard InChI is InChI=1S/C20H20N6.C2H6/c1-5-13(3)19(22-4)25-17-9-15(16-8-12(2)6-7-23-16)18-14(10-21)11-24-20(18)26-17;1-2/h5-9,11H,1-4H3,(H2,22,24,25,26);1-2H3/b13-5-;. The number of aryl methyl sites for hydroxylation is 1. The lowest BCUT2D eigenvalue weighted by Gasteiger charge is -2.12. The van der Waals surface area contributed by atoms with Gasteiger partial charge in [0, 0.05) is 30.4 Å². The summed E-state index contributed by atoms with van der Waals surface area (Å²) in [6.45, 7) is 9.96. The minimum Gasteiger partial charge on any atom is -0.345 e. The highest BCUT2D eigenvalue weighted by Crippen LogP contribution is 2.31. The Labute approximate surface area is 166 Å².